The lowest BCUT2D eigenvalue weighted by Gasteiger charge is -2.11. The molecule has 6 nitrogen and oxygen atoms in total. The molecule has 2 rings (SSSR count). The van der Waals surface area contributed by atoms with E-state index in [9.17, 15) is 8.60 Å². The van der Waals surface area contributed by atoms with Crippen molar-refractivity contribution >= 4 is 49.3 Å². The zero-order chi connectivity index (χ0) is 16.7. The Labute approximate surface area is 149 Å². The molecule has 1 atom stereocenters. The molecule has 0 bridgehead atoms. The van der Waals surface area contributed by atoms with Crippen molar-refractivity contribution in [2.75, 3.05) is 30.2 Å². The van der Waals surface area contributed by atoms with Gasteiger partial charge in [-0.15, -0.1) is 0 Å². The average Bonchev–Trinajstić information content (AvgIpc) is 3.02. The zero-order valence-corrected chi connectivity index (χ0v) is 15.7. The van der Waals surface area contributed by atoms with Crippen LogP contribution >= 0.6 is 27.5 Å². The molecule has 0 saturated heterocycles. The second-order valence-electron chi connectivity index (χ2n) is 4.62. The van der Waals surface area contributed by atoms with Gasteiger partial charge in [-0.25, -0.2) is 13.6 Å². The number of unbranched alkanes of at least 4 members (excludes halogenated alkanes) is 1. The Hall–Kier alpha value is -1.10. The third-order valence-electron chi connectivity index (χ3n) is 2.93. The van der Waals surface area contributed by atoms with Crippen LogP contribution < -0.4 is 15.4 Å². The van der Waals surface area contributed by atoms with E-state index in [2.05, 4.69) is 40.6 Å². The minimum Gasteiger partial charge on any atom is -0.384 e. The first-order chi connectivity index (χ1) is 11.1. The average molecular weight is 422 g/mol. The van der Waals surface area contributed by atoms with Crippen LogP contribution in [0.25, 0.3) is 0 Å². The summed E-state index contributed by atoms with van der Waals surface area (Å²) < 4.78 is 33.5. The molecule has 1 aromatic heterocycles. The predicted molar refractivity (Wildman–Crippen MR) is 95.7 cm³/mol. The summed E-state index contributed by atoms with van der Waals surface area (Å²) in [6.07, 6.45) is 3.36. The fourth-order valence-corrected chi connectivity index (χ4v) is 3.89. The number of hydrogen-bond donors (Lipinski definition) is 3. The van der Waals surface area contributed by atoms with E-state index in [1.165, 1.54) is 18.5 Å². The van der Waals surface area contributed by atoms with E-state index in [4.69, 9.17) is 0 Å². The molecule has 0 aliphatic carbocycles. The highest BCUT2D eigenvalue weighted by atomic mass is 79.9. The van der Waals surface area contributed by atoms with Crippen molar-refractivity contribution < 1.29 is 8.60 Å². The van der Waals surface area contributed by atoms with Gasteiger partial charge in [-0.2, -0.15) is 4.37 Å². The molecule has 0 aliphatic heterocycles. The molecule has 0 radical (unpaired) electrons. The van der Waals surface area contributed by atoms with E-state index >= 15 is 0 Å². The van der Waals surface area contributed by atoms with Gasteiger partial charge >= 0.3 is 0 Å². The van der Waals surface area contributed by atoms with Crippen molar-refractivity contribution in [2.45, 2.75) is 17.7 Å². The first-order valence-corrected chi connectivity index (χ1v) is 9.66. The van der Waals surface area contributed by atoms with Gasteiger partial charge in [0.2, 0.25) is 5.13 Å². The highest BCUT2D eigenvalue weighted by molar-refractivity contribution is 9.10. The van der Waals surface area contributed by atoms with Crippen molar-refractivity contribution in [3.05, 3.63) is 28.7 Å². The molecular formula is C13H17BrFN5OS2. The van der Waals surface area contributed by atoms with Crippen LogP contribution in [-0.2, 0) is 11.0 Å². The molecule has 3 N–H and O–H groups in total. The Bertz CT molecular complexity index is 656. The van der Waals surface area contributed by atoms with Crippen molar-refractivity contribution in [2.24, 2.45) is 0 Å². The fraction of sp³-hybridized carbons (Fsp3) is 0.385. The van der Waals surface area contributed by atoms with E-state index in [-0.39, 0.29) is 4.90 Å². The SMILES string of the molecule is CNCCCCNc1cc(F)c(S(=O)Nc2ncns2)cc1Br. The molecule has 10 heteroatoms. The van der Waals surface area contributed by atoms with Gasteiger partial charge < -0.3 is 10.6 Å². The first-order valence-electron chi connectivity index (χ1n) is 6.94. The summed E-state index contributed by atoms with van der Waals surface area (Å²) >= 11 is 4.44. The van der Waals surface area contributed by atoms with Gasteiger partial charge in [0, 0.05) is 22.5 Å². The van der Waals surface area contributed by atoms with Crippen LogP contribution in [0.4, 0.5) is 15.2 Å². The third kappa shape index (κ3) is 5.48. The number of benzene rings is 1. The number of halogens is 2. The Morgan fingerprint density at radius 1 is 1.35 bits per heavy atom. The molecule has 0 saturated carbocycles. The van der Waals surface area contributed by atoms with Gasteiger partial charge in [0.05, 0.1) is 10.6 Å². The summed E-state index contributed by atoms with van der Waals surface area (Å²) in [6, 6.07) is 2.85. The standard InChI is InChI=1S/C13H17BrFN5OS2/c1-16-4-2-3-5-17-11-7-10(15)12(6-9(11)14)23(21)20-13-18-8-19-22-13/h6-8,16-17H,2-5H2,1H3,(H,18,19,20). The van der Waals surface area contributed by atoms with Crippen LogP contribution in [0, 0.1) is 5.82 Å². The predicted octanol–water partition coefficient (Wildman–Crippen LogP) is 2.99. The van der Waals surface area contributed by atoms with Gasteiger partial charge in [0.1, 0.15) is 12.1 Å². The minimum absolute atomic E-state index is 0.0628. The Kier molecular flexibility index (Phi) is 7.34. The fourth-order valence-electron chi connectivity index (χ4n) is 1.81. The Morgan fingerprint density at radius 3 is 2.83 bits per heavy atom. The Balaban J connectivity index is 2.00. The molecule has 0 aliphatic rings. The third-order valence-corrected chi connectivity index (χ3v) is 5.39. The van der Waals surface area contributed by atoms with E-state index in [1.54, 1.807) is 0 Å². The monoisotopic (exact) mass is 421 g/mol. The lowest BCUT2D eigenvalue weighted by atomic mass is 10.2. The molecule has 2 aromatic rings. The Morgan fingerprint density at radius 2 is 2.13 bits per heavy atom. The van der Waals surface area contributed by atoms with E-state index in [0.29, 0.717) is 15.3 Å². The van der Waals surface area contributed by atoms with Crippen LogP contribution in [0.1, 0.15) is 12.8 Å². The molecule has 1 heterocycles. The number of anilines is 2. The second-order valence-corrected chi connectivity index (χ2v) is 7.43. The highest BCUT2D eigenvalue weighted by Crippen LogP contribution is 2.28. The van der Waals surface area contributed by atoms with Crippen molar-refractivity contribution in [3.63, 3.8) is 0 Å². The maximum atomic E-state index is 14.2. The van der Waals surface area contributed by atoms with Crippen LogP contribution in [0.5, 0.6) is 0 Å². The normalized spacial score (nSPS) is 12.1. The molecule has 126 valence electrons. The molecule has 23 heavy (non-hydrogen) atoms. The van der Waals surface area contributed by atoms with Gasteiger partial charge in [-0.3, -0.25) is 4.72 Å². The summed E-state index contributed by atoms with van der Waals surface area (Å²) in [7, 11) is 0.175. The largest absolute Gasteiger partial charge is 0.384 e. The van der Waals surface area contributed by atoms with Crippen molar-refractivity contribution in [1.82, 2.24) is 14.7 Å². The molecule has 0 spiro atoms. The van der Waals surface area contributed by atoms with Crippen molar-refractivity contribution in [1.29, 1.82) is 0 Å². The highest BCUT2D eigenvalue weighted by Gasteiger charge is 2.15. The molecule has 0 fully saturated rings. The second kappa shape index (κ2) is 9.26. The molecule has 1 aromatic carbocycles. The van der Waals surface area contributed by atoms with Gasteiger partial charge in [0.15, 0.2) is 11.0 Å². The number of nitrogens with one attached hydrogen (secondary N) is 3. The van der Waals surface area contributed by atoms with Crippen molar-refractivity contribution in [3.8, 4) is 0 Å². The van der Waals surface area contributed by atoms with Crippen LogP contribution in [0.2, 0.25) is 0 Å². The van der Waals surface area contributed by atoms with Crippen LogP contribution in [0.3, 0.4) is 0 Å². The summed E-state index contributed by atoms with van der Waals surface area (Å²) in [4.78, 5) is 3.93. The smallest absolute Gasteiger partial charge is 0.214 e. The summed E-state index contributed by atoms with van der Waals surface area (Å²) in [5.74, 6) is -0.540. The molecular weight excluding hydrogens is 405 g/mol. The maximum Gasteiger partial charge on any atom is 0.214 e. The van der Waals surface area contributed by atoms with Crippen LogP contribution in [0.15, 0.2) is 27.8 Å². The van der Waals surface area contributed by atoms with E-state index < -0.39 is 16.8 Å². The number of aromatic nitrogens is 2. The van der Waals surface area contributed by atoms with Gasteiger partial charge in [-0.1, -0.05) is 0 Å². The molecule has 1 unspecified atom stereocenters. The quantitative estimate of drug-likeness (QED) is 0.542. The zero-order valence-electron chi connectivity index (χ0n) is 12.4. The summed E-state index contributed by atoms with van der Waals surface area (Å²) in [5, 5.41) is 6.63. The summed E-state index contributed by atoms with van der Waals surface area (Å²) in [6.45, 7) is 1.69. The lowest BCUT2D eigenvalue weighted by Crippen LogP contribution is -2.11. The van der Waals surface area contributed by atoms with Crippen LogP contribution in [-0.4, -0.2) is 33.7 Å². The van der Waals surface area contributed by atoms with E-state index in [0.717, 1.165) is 37.5 Å². The number of hydrogen-bond acceptors (Lipinski definition) is 6. The number of nitrogens with zero attached hydrogens (tertiary/aromatic N) is 2. The molecule has 0 amide bonds. The topological polar surface area (TPSA) is 78.9 Å². The van der Waals surface area contributed by atoms with Gasteiger partial charge in [0.25, 0.3) is 0 Å². The van der Waals surface area contributed by atoms with Gasteiger partial charge in [-0.05, 0) is 54.5 Å². The number of rotatable bonds is 9. The lowest BCUT2D eigenvalue weighted by molar-refractivity contribution is 0.595. The maximum absolute atomic E-state index is 14.2. The van der Waals surface area contributed by atoms with E-state index in [1.807, 2.05) is 7.05 Å². The minimum atomic E-state index is -1.74. The first kappa shape index (κ1) is 18.2. The summed E-state index contributed by atoms with van der Waals surface area (Å²) in [5.41, 5.74) is 0.642.